The molecular formula is C22H26F3NO3. The van der Waals surface area contributed by atoms with Crippen molar-refractivity contribution in [3.8, 4) is 11.3 Å². The van der Waals surface area contributed by atoms with E-state index in [4.69, 9.17) is 4.42 Å². The molecule has 0 bridgehead atoms. The summed E-state index contributed by atoms with van der Waals surface area (Å²) < 4.78 is 43.8. The Bertz CT molecular complexity index is 851. The molecule has 1 aromatic heterocycles. The molecular weight excluding hydrogens is 383 g/mol. The second-order valence-corrected chi connectivity index (χ2v) is 7.38. The van der Waals surface area contributed by atoms with Crippen molar-refractivity contribution >= 4 is 11.7 Å². The van der Waals surface area contributed by atoms with E-state index in [9.17, 15) is 22.8 Å². The summed E-state index contributed by atoms with van der Waals surface area (Å²) in [5, 5.41) is 2.79. The van der Waals surface area contributed by atoms with Gasteiger partial charge < -0.3 is 9.73 Å². The van der Waals surface area contributed by atoms with Gasteiger partial charge in [0.2, 0.25) is 5.91 Å². The van der Waals surface area contributed by atoms with E-state index < -0.39 is 17.8 Å². The number of Topliss-reactive ketones (excluding diaryl/α,β-unsaturated/α-hetero) is 1. The summed E-state index contributed by atoms with van der Waals surface area (Å²) in [6.45, 7) is 7.28. The average molecular weight is 409 g/mol. The summed E-state index contributed by atoms with van der Waals surface area (Å²) in [5.74, 6) is 0.846. The molecule has 0 fully saturated rings. The number of ketones is 1. The number of alkyl halides is 3. The summed E-state index contributed by atoms with van der Waals surface area (Å²) in [6, 6.07) is 5.99. The van der Waals surface area contributed by atoms with Gasteiger partial charge in [0, 0.05) is 18.4 Å². The van der Waals surface area contributed by atoms with Gasteiger partial charge in [-0.05, 0) is 43.0 Å². The third-order valence-corrected chi connectivity index (χ3v) is 4.82. The molecule has 2 rings (SSSR count). The maximum atomic E-state index is 12.7. The number of hydrogen-bond donors (Lipinski definition) is 1. The van der Waals surface area contributed by atoms with Crippen LogP contribution < -0.4 is 5.32 Å². The second kappa shape index (κ2) is 9.29. The van der Waals surface area contributed by atoms with Crippen LogP contribution in [0.4, 0.5) is 13.2 Å². The van der Waals surface area contributed by atoms with E-state index in [0.29, 0.717) is 29.9 Å². The van der Waals surface area contributed by atoms with Gasteiger partial charge in [-0.2, -0.15) is 13.2 Å². The molecule has 0 aliphatic carbocycles. The largest absolute Gasteiger partial charge is 0.461 e. The number of hydrogen-bond acceptors (Lipinski definition) is 3. The lowest BCUT2D eigenvalue weighted by Crippen LogP contribution is -2.44. The standard InChI is InChI=1S/C22H26F3NO3/c1-5-18(27)21(13(2)3)26-20(28)11-8-16-12-19(29-14(16)4)15-6-9-17(10-7-15)22(23,24)25/h6-7,9-10,12-13,21H,5,8,11H2,1-4H3,(H,26,28). The van der Waals surface area contributed by atoms with Crippen molar-refractivity contribution < 1.29 is 27.2 Å². The van der Waals surface area contributed by atoms with Crippen molar-refractivity contribution in [1.82, 2.24) is 5.32 Å². The lowest BCUT2D eigenvalue weighted by atomic mass is 9.98. The number of carbonyl (C=O) groups is 2. The topological polar surface area (TPSA) is 59.3 Å². The Morgan fingerprint density at radius 1 is 1.14 bits per heavy atom. The first kappa shape index (κ1) is 22.7. The zero-order chi connectivity index (χ0) is 21.8. The molecule has 1 aromatic carbocycles. The number of furan rings is 1. The number of aryl methyl sites for hydroxylation is 2. The van der Waals surface area contributed by atoms with E-state index in [1.54, 1.807) is 19.9 Å². The van der Waals surface area contributed by atoms with Crippen molar-refractivity contribution in [3.05, 3.63) is 47.2 Å². The first-order valence-corrected chi connectivity index (χ1v) is 9.62. The molecule has 1 heterocycles. The minimum Gasteiger partial charge on any atom is -0.461 e. The monoisotopic (exact) mass is 409 g/mol. The van der Waals surface area contributed by atoms with Crippen molar-refractivity contribution in [3.63, 3.8) is 0 Å². The summed E-state index contributed by atoms with van der Waals surface area (Å²) in [7, 11) is 0. The average Bonchev–Trinajstić information content (AvgIpc) is 3.03. The molecule has 0 saturated heterocycles. The van der Waals surface area contributed by atoms with E-state index in [2.05, 4.69) is 5.32 Å². The van der Waals surface area contributed by atoms with Crippen molar-refractivity contribution in [2.24, 2.45) is 5.92 Å². The summed E-state index contributed by atoms with van der Waals surface area (Å²) >= 11 is 0. The molecule has 1 N–H and O–H groups in total. The van der Waals surface area contributed by atoms with Crippen molar-refractivity contribution in [2.75, 3.05) is 0 Å². The zero-order valence-electron chi connectivity index (χ0n) is 17.0. The summed E-state index contributed by atoms with van der Waals surface area (Å²) in [6.07, 6.45) is -3.43. The third-order valence-electron chi connectivity index (χ3n) is 4.82. The predicted octanol–water partition coefficient (Wildman–Crippen LogP) is 5.33. The molecule has 0 aliphatic rings. The minimum atomic E-state index is -4.39. The fraction of sp³-hybridized carbons (Fsp3) is 0.455. The maximum absolute atomic E-state index is 12.7. The van der Waals surface area contributed by atoms with Gasteiger partial charge in [0.1, 0.15) is 11.5 Å². The van der Waals surface area contributed by atoms with Crippen molar-refractivity contribution in [1.29, 1.82) is 0 Å². The van der Waals surface area contributed by atoms with E-state index in [1.165, 1.54) is 12.1 Å². The molecule has 158 valence electrons. The van der Waals surface area contributed by atoms with Crippen LogP contribution in [0.5, 0.6) is 0 Å². The van der Waals surface area contributed by atoms with E-state index in [-0.39, 0.29) is 24.0 Å². The number of carbonyl (C=O) groups excluding carboxylic acids is 2. The molecule has 4 nitrogen and oxygen atoms in total. The van der Waals surface area contributed by atoms with Crippen LogP contribution in [0.3, 0.4) is 0 Å². The predicted molar refractivity (Wildman–Crippen MR) is 104 cm³/mol. The zero-order valence-corrected chi connectivity index (χ0v) is 17.0. The van der Waals surface area contributed by atoms with Crippen LogP contribution in [-0.2, 0) is 22.2 Å². The number of rotatable bonds is 8. The third kappa shape index (κ3) is 5.95. The van der Waals surface area contributed by atoms with Crippen LogP contribution in [0.2, 0.25) is 0 Å². The highest BCUT2D eigenvalue weighted by atomic mass is 19.4. The normalized spacial score (nSPS) is 12.8. The van der Waals surface area contributed by atoms with Gasteiger partial charge in [-0.25, -0.2) is 0 Å². The Kier molecular flexibility index (Phi) is 7.27. The smallest absolute Gasteiger partial charge is 0.416 e. The van der Waals surface area contributed by atoms with Crippen molar-refractivity contribution in [2.45, 2.75) is 59.2 Å². The van der Waals surface area contributed by atoms with Crippen LogP contribution in [0.25, 0.3) is 11.3 Å². The molecule has 0 saturated carbocycles. The molecule has 2 aromatic rings. The lowest BCUT2D eigenvalue weighted by Gasteiger charge is -2.20. The van der Waals surface area contributed by atoms with E-state index >= 15 is 0 Å². The van der Waals surface area contributed by atoms with Gasteiger partial charge in [0.05, 0.1) is 11.6 Å². The first-order chi connectivity index (χ1) is 13.5. The van der Waals surface area contributed by atoms with Gasteiger partial charge in [-0.15, -0.1) is 0 Å². The molecule has 7 heteroatoms. The van der Waals surface area contributed by atoms with Gasteiger partial charge in [-0.1, -0.05) is 32.9 Å². The maximum Gasteiger partial charge on any atom is 0.416 e. The van der Waals surface area contributed by atoms with Gasteiger partial charge in [-0.3, -0.25) is 9.59 Å². The fourth-order valence-electron chi connectivity index (χ4n) is 3.07. The number of halogens is 3. The van der Waals surface area contributed by atoms with Gasteiger partial charge >= 0.3 is 6.18 Å². The number of nitrogens with one attached hydrogen (secondary N) is 1. The molecule has 0 aliphatic heterocycles. The number of benzene rings is 1. The lowest BCUT2D eigenvalue weighted by molar-refractivity contribution is -0.137. The molecule has 29 heavy (non-hydrogen) atoms. The Labute approximate surface area is 168 Å². The Hall–Kier alpha value is -2.57. The Morgan fingerprint density at radius 2 is 1.76 bits per heavy atom. The fourth-order valence-corrected chi connectivity index (χ4v) is 3.07. The molecule has 1 atom stereocenters. The van der Waals surface area contributed by atoms with Gasteiger partial charge in [0.15, 0.2) is 5.78 Å². The van der Waals surface area contributed by atoms with Crippen LogP contribution in [0.15, 0.2) is 34.7 Å². The molecule has 1 unspecified atom stereocenters. The van der Waals surface area contributed by atoms with Gasteiger partial charge in [0.25, 0.3) is 0 Å². The Balaban J connectivity index is 2.04. The van der Waals surface area contributed by atoms with Crippen LogP contribution >= 0.6 is 0 Å². The quantitative estimate of drug-likeness (QED) is 0.641. The summed E-state index contributed by atoms with van der Waals surface area (Å²) in [5.41, 5.74) is 0.617. The highest BCUT2D eigenvalue weighted by molar-refractivity contribution is 5.89. The minimum absolute atomic E-state index is 0.00238. The molecule has 0 radical (unpaired) electrons. The summed E-state index contributed by atoms with van der Waals surface area (Å²) in [4.78, 5) is 24.2. The van der Waals surface area contributed by atoms with Crippen LogP contribution in [0, 0.1) is 12.8 Å². The molecule has 0 spiro atoms. The second-order valence-electron chi connectivity index (χ2n) is 7.38. The first-order valence-electron chi connectivity index (χ1n) is 9.62. The highest BCUT2D eigenvalue weighted by Gasteiger charge is 2.30. The Morgan fingerprint density at radius 3 is 2.28 bits per heavy atom. The molecule has 1 amide bonds. The van der Waals surface area contributed by atoms with Crippen LogP contribution in [-0.4, -0.2) is 17.7 Å². The van der Waals surface area contributed by atoms with E-state index in [0.717, 1.165) is 17.7 Å². The van der Waals surface area contributed by atoms with E-state index in [1.807, 2.05) is 13.8 Å². The van der Waals surface area contributed by atoms with Crippen LogP contribution in [0.1, 0.15) is 50.5 Å². The number of amides is 1. The SMILES string of the molecule is CCC(=O)C(NC(=O)CCc1cc(-c2ccc(C(F)(F)F)cc2)oc1C)C(C)C. The highest BCUT2D eigenvalue weighted by Crippen LogP contribution is 2.32.